The summed E-state index contributed by atoms with van der Waals surface area (Å²) >= 11 is 0. The van der Waals surface area contributed by atoms with Crippen molar-refractivity contribution in [1.82, 2.24) is 15.3 Å². The third kappa shape index (κ3) is 3.71. The monoisotopic (exact) mass is 288 g/mol. The number of aromatic nitrogens is 2. The molecule has 114 valence electrons. The molecule has 1 N–H and O–H groups in total. The third-order valence-corrected chi connectivity index (χ3v) is 4.65. The first-order chi connectivity index (χ1) is 10.3. The zero-order chi connectivity index (χ0) is 14.5. The number of rotatable bonds is 3. The SMILES string of the molecule is O=C(NC1CCN(c2ncccn2)CC1)C1CCCCC1. The van der Waals surface area contributed by atoms with Crippen LogP contribution in [-0.2, 0) is 4.79 Å². The van der Waals surface area contributed by atoms with Crippen molar-refractivity contribution in [3.63, 3.8) is 0 Å². The summed E-state index contributed by atoms with van der Waals surface area (Å²) in [6.45, 7) is 1.83. The molecule has 1 aliphatic carbocycles. The highest BCUT2D eigenvalue weighted by Gasteiger charge is 2.26. The number of carbonyl (C=O) groups is 1. The van der Waals surface area contributed by atoms with Gasteiger partial charge in [0.25, 0.3) is 0 Å². The van der Waals surface area contributed by atoms with Gasteiger partial charge in [-0.25, -0.2) is 9.97 Å². The van der Waals surface area contributed by atoms with Gasteiger partial charge in [-0.05, 0) is 31.7 Å². The molecule has 1 aliphatic heterocycles. The second-order valence-corrected chi connectivity index (χ2v) is 6.15. The van der Waals surface area contributed by atoms with Crippen molar-refractivity contribution < 1.29 is 4.79 Å². The lowest BCUT2D eigenvalue weighted by atomic mass is 9.88. The van der Waals surface area contributed by atoms with Crippen LogP contribution < -0.4 is 10.2 Å². The molecule has 2 heterocycles. The van der Waals surface area contributed by atoms with Gasteiger partial charge < -0.3 is 10.2 Å². The standard InChI is InChI=1S/C16H24N4O/c21-15(13-5-2-1-3-6-13)19-14-7-11-20(12-8-14)16-17-9-4-10-18-16/h4,9-10,13-14H,1-3,5-8,11-12H2,(H,19,21). The minimum atomic E-state index is 0.259. The zero-order valence-corrected chi connectivity index (χ0v) is 12.5. The Labute approximate surface area is 126 Å². The summed E-state index contributed by atoms with van der Waals surface area (Å²) in [4.78, 5) is 23.0. The number of carbonyl (C=O) groups excluding carboxylic acids is 1. The van der Waals surface area contributed by atoms with E-state index in [1.54, 1.807) is 12.4 Å². The van der Waals surface area contributed by atoms with Gasteiger partial charge in [-0.1, -0.05) is 19.3 Å². The van der Waals surface area contributed by atoms with E-state index in [2.05, 4.69) is 20.2 Å². The molecule has 0 spiro atoms. The second-order valence-electron chi connectivity index (χ2n) is 6.15. The van der Waals surface area contributed by atoms with Gasteiger partial charge in [-0.3, -0.25) is 4.79 Å². The Hall–Kier alpha value is -1.65. The van der Waals surface area contributed by atoms with Crippen molar-refractivity contribution in [3.05, 3.63) is 18.5 Å². The van der Waals surface area contributed by atoms with Crippen LogP contribution in [0, 0.1) is 5.92 Å². The first-order valence-corrected chi connectivity index (χ1v) is 8.15. The predicted molar refractivity (Wildman–Crippen MR) is 82.0 cm³/mol. The van der Waals surface area contributed by atoms with Gasteiger partial charge in [0.2, 0.25) is 11.9 Å². The number of piperidine rings is 1. The van der Waals surface area contributed by atoms with E-state index in [4.69, 9.17) is 0 Å². The molecule has 0 bridgehead atoms. The van der Waals surface area contributed by atoms with E-state index in [1.165, 1.54) is 19.3 Å². The van der Waals surface area contributed by atoms with E-state index < -0.39 is 0 Å². The lowest BCUT2D eigenvalue weighted by Gasteiger charge is -2.33. The smallest absolute Gasteiger partial charge is 0.225 e. The van der Waals surface area contributed by atoms with E-state index in [0.29, 0.717) is 6.04 Å². The summed E-state index contributed by atoms with van der Waals surface area (Å²) in [6.07, 6.45) is 11.4. The van der Waals surface area contributed by atoms with Gasteiger partial charge in [0.15, 0.2) is 0 Å². The minimum Gasteiger partial charge on any atom is -0.353 e. The summed E-state index contributed by atoms with van der Waals surface area (Å²) in [7, 11) is 0. The fraction of sp³-hybridized carbons (Fsp3) is 0.688. The summed E-state index contributed by atoms with van der Waals surface area (Å²) in [6, 6.07) is 2.15. The second kappa shape index (κ2) is 6.87. The predicted octanol–water partition coefficient (Wildman–Crippen LogP) is 2.14. The summed E-state index contributed by atoms with van der Waals surface area (Å²) in [5.41, 5.74) is 0. The van der Waals surface area contributed by atoms with E-state index >= 15 is 0 Å². The van der Waals surface area contributed by atoms with Crippen LogP contribution in [0.4, 0.5) is 5.95 Å². The van der Waals surface area contributed by atoms with Crippen molar-refractivity contribution in [2.75, 3.05) is 18.0 Å². The first-order valence-electron chi connectivity index (χ1n) is 8.15. The molecule has 3 rings (SSSR count). The Morgan fingerprint density at radius 3 is 2.38 bits per heavy atom. The molecule has 1 saturated heterocycles. The topological polar surface area (TPSA) is 58.1 Å². The molecule has 2 fully saturated rings. The summed E-state index contributed by atoms with van der Waals surface area (Å²) in [5, 5.41) is 3.25. The number of hydrogen-bond donors (Lipinski definition) is 1. The van der Waals surface area contributed by atoms with E-state index in [1.807, 2.05) is 6.07 Å². The molecule has 5 heteroatoms. The van der Waals surface area contributed by atoms with Gasteiger partial charge in [0.05, 0.1) is 0 Å². The third-order valence-electron chi connectivity index (χ3n) is 4.65. The van der Waals surface area contributed by atoms with Crippen molar-refractivity contribution in [3.8, 4) is 0 Å². The average molecular weight is 288 g/mol. The zero-order valence-electron chi connectivity index (χ0n) is 12.5. The number of nitrogens with one attached hydrogen (secondary N) is 1. The molecule has 0 aromatic carbocycles. The van der Waals surface area contributed by atoms with Crippen LogP contribution in [0.3, 0.4) is 0 Å². The van der Waals surface area contributed by atoms with Gasteiger partial charge in [0.1, 0.15) is 0 Å². The van der Waals surface area contributed by atoms with Crippen LogP contribution in [0.2, 0.25) is 0 Å². The first kappa shape index (κ1) is 14.3. The van der Waals surface area contributed by atoms with Gasteiger partial charge in [-0.15, -0.1) is 0 Å². The van der Waals surface area contributed by atoms with Crippen LogP contribution in [0.1, 0.15) is 44.9 Å². The summed E-state index contributed by atoms with van der Waals surface area (Å²) in [5.74, 6) is 1.34. The molecule has 0 unspecified atom stereocenters. The normalized spacial score (nSPS) is 21.2. The van der Waals surface area contributed by atoms with E-state index in [-0.39, 0.29) is 11.8 Å². The Bertz CT molecular complexity index is 451. The van der Waals surface area contributed by atoms with Crippen molar-refractivity contribution >= 4 is 11.9 Å². The van der Waals surface area contributed by atoms with Gasteiger partial charge >= 0.3 is 0 Å². The van der Waals surface area contributed by atoms with Crippen LogP contribution in [0.25, 0.3) is 0 Å². The Morgan fingerprint density at radius 2 is 1.71 bits per heavy atom. The van der Waals surface area contributed by atoms with Crippen molar-refractivity contribution in [1.29, 1.82) is 0 Å². The van der Waals surface area contributed by atoms with Crippen LogP contribution >= 0.6 is 0 Å². The number of anilines is 1. The molecule has 1 aromatic heterocycles. The molecule has 1 saturated carbocycles. The Morgan fingerprint density at radius 1 is 1.05 bits per heavy atom. The highest BCUT2D eigenvalue weighted by molar-refractivity contribution is 5.79. The van der Waals surface area contributed by atoms with Crippen LogP contribution in [-0.4, -0.2) is 35.0 Å². The maximum Gasteiger partial charge on any atom is 0.225 e. The minimum absolute atomic E-state index is 0.259. The lowest BCUT2D eigenvalue weighted by Crippen LogP contribution is -2.47. The van der Waals surface area contributed by atoms with Crippen molar-refractivity contribution in [2.45, 2.75) is 51.0 Å². The fourth-order valence-electron chi connectivity index (χ4n) is 3.36. The van der Waals surface area contributed by atoms with Crippen LogP contribution in [0.15, 0.2) is 18.5 Å². The quantitative estimate of drug-likeness (QED) is 0.926. The van der Waals surface area contributed by atoms with E-state index in [0.717, 1.165) is 44.7 Å². The van der Waals surface area contributed by atoms with Gasteiger partial charge in [0, 0.05) is 37.4 Å². The highest BCUT2D eigenvalue weighted by atomic mass is 16.1. The molecule has 1 aromatic rings. The molecule has 0 radical (unpaired) electrons. The molecule has 1 amide bonds. The van der Waals surface area contributed by atoms with Crippen molar-refractivity contribution in [2.24, 2.45) is 5.92 Å². The largest absolute Gasteiger partial charge is 0.353 e. The molecular formula is C16H24N4O. The van der Waals surface area contributed by atoms with Crippen LogP contribution in [0.5, 0.6) is 0 Å². The molecular weight excluding hydrogens is 264 g/mol. The Balaban J connectivity index is 1.46. The molecule has 5 nitrogen and oxygen atoms in total. The lowest BCUT2D eigenvalue weighted by molar-refractivity contribution is -0.126. The fourth-order valence-corrected chi connectivity index (χ4v) is 3.36. The maximum absolute atomic E-state index is 12.3. The van der Waals surface area contributed by atoms with Gasteiger partial charge in [-0.2, -0.15) is 0 Å². The maximum atomic E-state index is 12.3. The molecule has 0 atom stereocenters. The molecule has 21 heavy (non-hydrogen) atoms. The number of nitrogens with zero attached hydrogens (tertiary/aromatic N) is 3. The highest BCUT2D eigenvalue weighted by Crippen LogP contribution is 2.24. The number of hydrogen-bond acceptors (Lipinski definition) is 4. The Kier molecular flexibility index (Phi) is 4.68. The molecule has 2 aliphatic rings. The average Bonchev–Trinajstić information content (AvgIpc) is 2.57. The number of amides is 1. The van der Waals surface area contributed by atoms with E-state index in [9.17, 15) is 4.79 Å². The summed E-state index contributed by atoms with van der Waals surface area (Å²) < 4.78 is 0.